The molecular weight excluding hydrogens is 221 g/mol. The Labute approximate surface area is 98.2 Å². The maximum atomic E-state index is 13.4. The van der Waals surface area contributed by atoms with Gasteiger partial charge in [-0.25, -0.2) is 9.18 Å². The molecule has 0 amide bonds. The molecule has 0 saturated heterocycles. The minimum atomic E-state index is -0.577. The summed E-state index contributed by atoms with van der Waals surface area (Å²) in [5, 5.41) is 0.635. The number of nitrogens with zero attached hydrogens (tertiary/aromatic N) is 1. The number of carbonyl (C=O) groups excluding carboxylic acids is 1. The zero-order valence-electron chi connectivity index (χ0n) is 9.87. The Morgan fingerprint density at radius 3 is 2.65 bits per heavy atom. The van der Waals surface area contributed by atoms with Gasteiger partial charge in [0.2, 0.25) is 0 Å². The van der Waals surface area contributed by atoms with Crippen LogP contribution in [-0.2, 0) is 4.74 Å². The van der Waals surface area contributed by atoms with Crippen molar-refractivity contribution in [3.63, 3.8) is 0 Å². The number of halogens is 1. The molecule has 1 aromatic heterocycles. The van der Waals surface area contributed by atoms with Gasteiger partial charge in [-0.05, 0) is 37.6 Å². The number of carbonyl (C=O) groups is 1. The van der Waals surface area contributed by atoms with Gasteiger partial charge >= 0.3 is 5.97 Å². The van der Waals surface area contributed by atoms with Crippen LogP contribution in [-0.4, -0.2) is 18.1 Å². The first-order chi connectivity index (χ1) is 8.02. The van der Waals surface area contributed by atoms with Crippen LogP contribution in [0.4, 0.5) is 4.39 Å². The largest absolute Gasteiger partial charge is 0.465 e. The summed E-state index contributed by atoms with van der Waals surface area (Å²) >= 11 is 0. The fourth-order valence-corrected chi connectivity index (χ4v) is 1.89. The molecule has 88 valence electrons. The van der Waals surface area contributed by atoms with E-state index in [-0.39, 0.29) is 5.56 Å². The van der Waals surface area contributed by atoms with Gasteiger partial charge < -0.3 is 4.74 Å². The molecule has 17 heavy (non-hydrogen) atoms. The van der Waals surface area contributed by atoms with Crippen molar-refractivity contribution in [2.45, 2.75) is 13.8 Å². The summed E-state index contributed by atoms with van der Waals surface area (Å²) in [7, 11) is 1.27. The van der Waals surface area contributed by atoms with E-state index in [0.717, 1.165) is 17.3 Å². The van der Waals surface area contributed by atoms with Gasteiger partial charge in [0.1, 0.15) is 5.82 Å². The van der Waals surface area contributed by atoms with E-state index in [2.05, 4.69) is 9.72 Å². The highest BCUT2D eigenvalue weighted by Crippen LogP contribution is 2.23. The number of hydrogen-bond donors (Lipinski definition) is 0. The lowest BCUT2D eigenvalue weighted by molar-refractivity contribution is 0.0602. The number of fused-ring (bicyclic) bond motifs is 1. The third kappa shape index (κ3) is 1.98. The molecule has 0 unspecified atom stereocenters. The van der Waals surface area contributed by atoms with Crippen LogP contribution in [0.3, 0.4) is 0 Å². The molecule has 0 spiro atoms. The minimum absolute atomic E-state index is 0.161. The zero-order valence-corrected chi connectivity index (χ0v) is 9.87. The van der Waals surface area contributed by atoms with E-state index in [0.29, 0.717) is 10.9 Å². The predicted molar refractivity (Wildman–Crippen MR) is 62.5 cm³/mol. The molecule has 0 aliphatic heterocycles. The Morgan fingerprint density at radius 2 is 2.00 bits per heavy atom. The highest BCUT2D eigenvalue weighted by molar-refractivity contribution is 6.03. The van der Waals surface area contributed by atoms with Crippen molar-refractivity contribution in [2.24, 2.45) is 0 Å². The minimum Gasteiger partial charge on any atom is -0.465 e. The molecule has 0 fully saturated rings. The first kappa shape index (κ1) is 11.5. The Bertz CT molecular complexity index is 608. The average Bonchev–Trinajstić information content (AvgIpc) is 2.28. The molecule has 1 aromatic carbocycles. The maximum Gasteiger partial charge on any atom is 0.340 e. The number of ether oxygens (including phenoxy) is 1. The number of methoxy groups -OCH3 is 1. The van der Waals surface area contributed by atoms with Crippen LogP contribution < -0.4 is 0 Å². The smallest absolute Gasteiger partial charge is 0.340 e. The van der Waals surface area contributed by atoms with Gasteiger partial charge in [0.25, 0.3) is 0 Å². The number of benzene rings is 1. The SMILES string of the molecule is COC(=O)c1cc(F)cc2c(C)cc(C)nc12. The van der Waals surface area contributed by atoms with Crippen LogP contribution in [0.2, 0.25) is 0 Å². The highest BCUT2D eigenvalue weighted by Gasteiger charge is 2.15. The van der Waals surface area contributed by atoms with Crippen molar-refractivity contribution in [1.82, 2.24) is 4.98 Å². The quantitative estimate of drug-likeness (QED) is 0.711. The monoisotopic (exact) mass is 233 g/mol. The van der Waals surface area contributed by atoms with Gasteiger partial charge in [-0.3, -0.25) is 4.98 Å². The first-order valence-corrected chi connectivity index (χ1v) is 5.18. The van der Waals surface area contributed by atoms with Crippen molar-refractivity contribution in [3.8, 4) is 0 Å². The lowest BCUT2D eigenvalue weighted by Gasteiger charge is -2.08. The summed E-state index contributed by atoms with van der Waals surface area (Å²) in [5.41, 5.74) is 2.31. The van der Waals surface area contributed by atoms with E-state index >= 15 is 0 Å². The van der Waals surface area contributed by atoms with E-state index in [4.69, 9.17) is 0 Å². The van der Waals surface area contributed by atoms with Crippen molar-refractivity contribution < 1.29 is 13.9 Å². The highest BCUT2D eigenvalue weighted by atomic mass is 19.1. The maximum absolute atomic E-state index is 13.4. The molecule has 2 rings (SSSR count). The second kappa shape index (κ2) is 4.13. The van der Waals surface area contributed by atoms with E-state index in [1.165, 1.54) is 13.2 Å². The molecule has 3 nitrogen and oxygen atoms in total. The lowest BCUT2D eigenvalue weighted by Crippen LogP contribution is -2.05. The summed E-state index contributed by atoms with van der Waals surface area (Å²) in [5.74, 6) is -1.04. The van der Waals surface area contributed by atoms with Gasteiger partial charge in [-0.2, -0.15) is 0 Å². The summed E-state index contributed by atoms with van der Waals surface area (Å²) in [6, 6.07) is 4.38. The van der Waals surface area contributed by atoms with Gasteiger partial charge in [0.15, 0.2) is 0 Å². The van der Waals surface area contributed by atoms with Crippen molar-refractivity contribution in [2.75, 3.05) is 7.11 Å². The predicted octanol–water partition coefficient (Wildman–Crippen LogP) is 2.78. The normalized spacial score (nSPS) is 10.6. The molecule has 0 aliphatic carbocycles. The van der Waals surface area contributed by atoms with Crippen LogP contribution in [0, 0.1) is 19.7 Å². The molecule has 0 radical (unpaired) electrons. The Balaban J connectivity index is 2.87. The lowest BCUT2D eigenvalue weighted by atomic mass is 10.0. The number of esters is 1. The second-order valence-corrected chi connectivity index (χ2v) is 3.92. The van der Waals surface area contributed by atoms with Crippen molar-refractivity contribution >= 4 is 16.9 Å². The van der Waals surface area contributed by atoms with Gasteiger partial charge in [-0.1, -0.05) is 0 Å². The molecule has 0 aliphatic rings. The molecule has 0 bridgehead atoms. The van der Waals surface area contributed by atoms with E-state index in [1.54, 1.807) is 0 Å². The number of rotatable bonds is 1. The molecule has 2 aromatic rings. The van der Waals surface area contributed by atoms with Gasteiger partial charge in [-0.15, -0.1) is 0 Å². The number of pyridine rings is 1. The fraction of sp³-hybridized carbons (Fsp3) is 0.231. The molecule has 1 heterocycles. The van der Waals surface area contributed by atoms with Gasteiger partial charge in [0, 0.05) is 11.1 Å². The van der Waals surface area contributed by atoms with Crippen molar-refractivity contribution in [1.29, 1.82) is 0 Å². The number of aryl methyl sites for hydroxylation is 2. The third-order valence-corrected chi connectivity index (χ3v) is 2.62. The molecule has 0 N–H and O–H groups in total. The zero-order chi connectivity index (χ0) is 12.6. The number of aromatic nitrogens is 1. The summed E-state index contributed by atoms with van der Waals surface area (Å²) < 4.78 is 18.1. The molecular formula is C13H12FNO2. The van der Waals surface area contributed by atoms with Crippen molar-refractivity contribution in [3.05, 3.63) is 40.8 Å². The van der Waals surface area contributed by atoms with Gasteiger partial charge in [0.05, 0.1) is 18.2 Å². The van der Waals surface area contributed by atoms with Crippen LogP contribution >= 0.6 is 0 Å². The Morgan fingerprint density at radius 1 is 1.29 bits per heavy atom. The summed E-state index contributed by atoms with van der Waals surface area (Å²) in [6.45, 7) is 3.69. The third-order valence-electron chi connectivity index (χ3n) is 2.62. The molecule has 0 atom stereocenters. The first-order valence-electron chi connectivity index (χ1n) is 5.18. The summed E-state index contributed by atoms with van der Waals surface area (Å²) in [4.78, 5) is 15.9. The summed E-state index contributed by atoms with van der Waals surface area (Å²) in [6.07, 6.45) is 0. The van der Waals surface area contributed by atoms with Crippen LogP contribution in [0.1, 0.15) is 21.6 Å². The van der Waals surface area contributed by atoms with Crippen LogP contribution in [0.15, 0.2) is 18.2 Å². The Hall–Kier alpha value is -1.97. The van der Waals surface area contributed by atoms with Crippen LogP contribution in [0.5, 0.6) is 0 Å². The second-order valence-electron chi connectivity index (χ2n) is 3.92. The Kier molecular flexibility index (Phi) is 2.79. The van der Waals surface area contributed by atoms with E-state index < -0.39 is 11.8 Å². The topological polar surface area (TPSA) is 39.2 Å². The number of hydrogen-bond acceptors (Lipinski definition) is 3. The molecule has 0 saturated carbocycles. The molecule has 4 heteroatoms. The van der Waals surface area contributed by atoms with E-state index in [9.17, 15) is 9.18 Å². The van der Waals surface area contributed by atoms with E-state index in [1.807, 2.05) is 19.9 Å². The van der Waals surface area contributed by atoms with Crippen LogP contribution in [0.25, 0.3) is 10.9 Å². The fourth-order valence-electron chi connectivity index (χ4n) is 1.89. The standard InChI is InChI=1S/C13H12FNO2/c1-7-4-8(2)15-12-10(7)5-9(14)6-11(12)13(16)17-3/h4-6H,1-3H3. The average molecular weight is 233 g/mol.